The van der Waals surface area contributed by atoms with E-state index >= 15 is 0 Å². The van der Waals surface area contributed by atoms with Crippen LogP contribution in [-0.4, -0.2) is 15.9 Å². The van der Waals surface area contributed by atoms with Crippen molar-refractivity contribution in [2.45, 2.75) is 25.4 Å². The number of anilines is 1. The number of halogens is 3. The van der Waals surface area contributed by atoms with Crippen LogP contribution in [-0.2, 0) is 11.0 Å². The summed E-state index contributed by atoms with van der Waals surface area (Å²) in [6.07, 6.45) is -2.31. The summed E-state index contributed by atoms with van der Waals surface area (Å²) in [6, 6.07) is 6.84. The van der Waals surface area contributed by atoms with E-state index in [0.717, 1.165) is 17.8 Å². The quantitative estimate of drug-likeness (QED) is 0.940. The first-order valence-corrected chi connectivity index (χ1v) is 7.12. The Hall–Kier alpha value is -2.44. The molecule has 3 rings (SSSR count). The molecule has 1 aliphatic rings. The standard InChI is InChI=1S/C16H14F3N3O/c1-9-5-6-20-15(21-9)22-14(23)13-8-12(13)10-3-2-4-11(7-10)16(17,18)19/h2-7,12-13H,8H2,1H3,(H,20,21,22,23)/t12-,13+/m0/s1. The Morgan fingerprint density at radius 2 is 2.09 bits per heavy atom. The molecule has 0 unspecified atom stereocenters. The van der Waals surface area contributed by atoms with Gasteiger partial charge in [0, 0.05) is 17.8 Å². The Bertz CT molecular complexity index is 745. The molecule has 0 bridgehead atoms. The molecule has 0 saturated heterocycles. The van der Waals surface area contributed by atoms with Gasteiger partial charge < -0.3 is 0 Å². The van der Waals surface area contributed by atoms with Gasteiger partial charge in [0.1, 0.15) is 0 Å². The molecule has 1 aliphatic carbocycles. The SMILES string of the molecule is Cc1ccnc(NC(=O)[C@@H]2C[C@H]2c2cccc(C(F)(F)F)c2)n1. The van der Waals surface area contributed by atoms with Crippen molar-refractivity contribution in [2.75, 3.05) is 5.32 Å². The average molecular weight is 321 g/mol. The topological polar surface area (TPSA) is 54.9 Å². The van der Waals surface area contributed by atoms with Gasteiger partial charge in [-0.05, 0) is 37.0 Å². The van der Waals surface area contributed by atoms with Gasteiger partial charge >= 0.3 is 6.18 Å². The van der Waals surface area contributed by atoms with E-state index in [0.29, 0.717) is 12.0 Å². The fraction of sp³-hybridized carbons (Fsp3) is 0.312. The number of nitrogens with one attached hydrogen (secondary N) is 1. The smallest absolute Gasteiger partial charge is 0.294 e. The zero-order valence-corrected chi connectivity index (χ0v) is 12.3. The molecule has 0 radical (unpaired) electrons. The molecular weight excluding hydrogens is 307 g/mol. The lowest BCUT2D eigenvalue weighted by molar-refractivity contribution is -0.137. The molecule has 23 heavy (non-hydrogen) atoms. The molecular formula is C16H14F3N3O. The minimum atomic E-state index is -4.38. The van der Waals surface area contributed by atoms with Crippen LogP contribution in [0.15, 0.2) is 36.5 Å². The molecule has 120 valence electrons. The van der Waals surface area contributed by atoms with E-state index in [1.54, 1.807) is 19.1 Å². The van der Waals surface area contributed by atoms with Crippen molar-refractivity contribution in [1.82, 2.24) is 9.97 Å². The van der Waals surface area contributed by atoms with Crippen LogP contribution in [0.1, 0.15) is 29.2 Å². The maximum Gasteiger partial charge on any atom is 0.416 e. The molecule has 1 N–H and O–H groups in total. The predicted molar refractivity (Wildman–Crippen MR) is 77.7 cm³/mol. The van der Waals surface area contributed by atoms with Gasteiger partial charge in [-0.1, -0.05) is 18.2 Å². The number of aryl methyl sites for hydroxylation is 1. The Balaban J connectivity index is 1.68. The summed E-state index contributed by atoms with van der Waals surface area (Å²) in [4.78, 5) is 20.2. The molecule has 0 aliphatic heterocycles. The monoisotopic (exact) mass is 321 g/mol. The summed E-state index contributed by atoms with van der Waals surface area (Å²) in [7, 11) is 0. The molecule has 1 saturated carbocycles. The van der Waals surface area contributed by atoms with Crippen molar-refractivity contribution >= 4 is 11.9 Å². The van der Waals surface area contributed by atoms with E-state index in [4.69, 9.17) is 0 Å². The Morgan fingerprint density at radius 3 is 2.78 bits per heavy atom. The van der Waals surface area contributed by atoms with Crippen molar-refractivity contribution in [2.24, 2.45) is 5.92 Å². The molecule has 1 aromatic heterocycles. The normalized spacial score (nSPS) is 20.2. The van der Waals surface area contributed by atoms with Gasteiger partial charge in [-0.15, -0.1) is 0 Å². The first kappa shape index (κ1) is 15.5. The lowest BCUT2D eigenvalue weighted by atomic mass is 10.1. The number of nitrogens with zero attached hydrogens (tertiary/aromatic N) is 2. The summed E-state index contributed by atoms with van der Waals surface area (Å²) in [5.74, 6) is -0.590. The third-order valence-electron chi connectivity index (χ3n) is 3.80. The number of hydrogen-bond acceptors (Lipinski definition) is 3. The number of rotatable bonds is 3. The van der Waals surface area contributed by atoms with Crippen LogP contribution in [0.25, 0.3) is 0 Å². The van der Waals surface area contributed by atoms with Crippen LogP contribution >= 0.6 is 0 Å². The number of benzene rings is 1. The van der Waals surface area contributed by atoms with Gasteiger partial charge in [-0.2, -0.15) is 13.2 Å². The van der Waals surface area contributed by atoms with Gasteiger partial charge in [0.25, 0.3) is 0 Å². The number of amides is 1. The van der Waals surface area contributed by atoms with Crippen LogP contribution < -0.4 is 5.32 Å². The minimum Gasteiger partial charge on any atom is -0.294 e. The van der Waals surface area contributed by atoms with E-state index in [1.807, 2.05) is 0 Å². The number of carbonyl (C=O) groups excluding carboxylic acids is 1. The van der Waals surface area contributed by atoms with Crippen molar-refractivity contribution < 1.29 is 18.0 Å². The second-order valence-corrected chi connectivity index (χ2v) is 5.58. The predicted octanol–water partition coefficient (Wildman–Crippen LogP) is 3.55. The van der Waals surface area contributed by atoms with Gasteiger partial charge in [0.15, 0.2) is 0 Å². The molecule has 4 nitrogen and oxygen atoms in total. The van der Waals surface area contributed by atoms with Gasteiger partial charge in [-0.3, -0.25) is 10.1 Å². The third-order valence-corrected chi connectivity index (χ3v) is 3.80. The van der Waals surface area contributed by atoms with E-state index in [2.05, 4.69) is 15.3 Å². The molecule has 0 spiro atoms. The van der Waals surface area contributed by atoms with Gasteiger partial charge in [-0.25, -0.2) is 9.97 Å². The van der Waals surface area contributed by atoms with Crippen LogP contribution in [0.2, 0.25) is 0 Å². The second kappa shape index (κ2) is 5.64. The van der Waals surface area contributed by atoms with E-state index in [9.17, 15) is 18.0 Å². The van der Waals surface area contributed by atoms with Crippen LogP contribution in [0, 0.1) is 12.8 Å². The second-order valence-electron chi connectivity index (χ2n) is 5.58. The molecule has 1 fully saturated rings. The van der Waals surface area contributed by atoms with E-state index in [-0.39, 0.29) is 23.7 Å². The first-order chi connectivity index (χ1) is 10.8. The molecule has 2 atom stereocenters. The lowest BCUT2D eigenvalue weighted by Gasteiger charge is -2.08. The van der Waals surface area contributed by atoms with E-state index in [1.165, 1.54) is 12.3 Å². The summed E-state index contributed by atoms with van der Waals surface area (Å²) < 4.78 is 38.2. The van der Waals surface area contributed by atoms with Crippen LogP contribution in [0.5, 0.6) is 0 Å². The molecule has 1 amide bonds. The number of aromatic nitrogens is 2. The fourth-order valence-electron chi connectivity index (χ4n) is 2.51. The van der Waals surface area contributed by atoms with Gasteiger partial charge in [0.05, 0.1) is 5.56 Å². The zero-order chi connectivity index (χ0) is 16.6. The number of hydrogen-bond donors (Lipinski definition) is 1. The minimum absolute atomic E-state index is 0.192. The fourth-order valence-corrected chi connectivity index (χ4v) is 2.51. The highest BCUT2D eigenvalue weighted by Gasteiger charge is 2.45. The van der Waals surface area contributed by atoms with E-state index < -0.39 is 11.7 Å². The van der Waals surface area contributed by atoms with Crippen LogP contribution in [0.4, 0.5) is 19.1 Å². The highest BCUT2D eigenvalue weighted by molar-refractivity contribution is 5.93. The summed E-state index contributed by atoms with van der Waals surface area (Å²) in [5, 5.41) is 2.61. The Labute approximate surface area is 130 Å². The molecule has 7 heteroatoms. The van der Waals surface area contributed by atoms with Crippen LogP contribution in [0.3, 0.4) is 0 Å². The van der Waals surface area contributed by atoms with Crippen molar-refractivity contribution in [3.8, 4) is 0 Å². The molecule has 1 heterocycles. The Morgan fingerprint density at radius 1 is 1.30 bits per heavy atom. The summed E-state index contributed by atoms with van der Waals surface area (Å²) in [5.41, 5.74) is 0.564. The van der Waals surface area contributed by atoms with Crippen molar-refractivity contribution in [3.63, 3.8) is 0 Å². The first-order valence-electron chi connectivity index (χ1n) is 7.12. The molecule has 1 aromatic carbocycles. The maximum atomic E-state index is 12.7. The summed E-state index contributed by atoms with van der Waals surface area (Å²) >= 11 is 0. The lowest BCUT2D eigenvalue weighted by Crippen LogP contribution is -2.16. The average Bonchev–Trinajstić information content (AvgIpc) is 3.27. The van der Waals surface area contributed by atoms with Gasteiger partial charge in [0.2, 0.25) is 11.9 Å². The summed E-state index contributed by atoms with van der Waals surface area (Å²) in [6.45, 7) is 1.78. The number of alkyl halides is 3. The van der Waals surface area contributed by atoms with Crippen molar-refractivity contribution in [1.29, 1.82) is 0 Å². The molecule has 2 aromatic rings. The third kappa shape index (κ3) is 3.49. The highest BCUT2D eigenvalue weighted by atomic mass is 19.4. The largest absolute Gasteiger partial charge is 0.416 e. The number of carbonyl (C=O) groups is 1. The zero-order valence-electron chi connectivity index (χ0n) is 12.3. The highest BCUT2D eigenvalue weighted by Crippen LogP contribution is 2.48. The Kier molecular flexibility index (Phi) is 3.79. The van der Waals surface area contributed by atoms with Crippen molar-refractivity contribution in [3.05, 3.63) is 53.3 Å². The maximum absolute atomic E-state index is 12.7.